The van der Waals surface area contributed by atoms with Gasteiger partial charge in [-0.25, -0.2) is 4.39 Å². The number of carbonyl (C=O) groups excluding carboxylic acids is 2. The first-order chi connectivity index (χ1) is 13.4. The minimum absolute atomic E-state index is 0.0345. The van der Waals surface area contributed by atoms with Gasteiger partial charge in [-0.05, 0) is 35.9 Å². The van der Waals surface area contributed by atoms with E-state index in [1.54, 1.807) is 24.5 Å². The zero-order valence-corrected chi connectivity index (χ0v) is 15.1. The van der Waals surface area contributed by atoms with Crippen molar-refractivity contribution in [2.24, 2.45) is 5.92 Å². The van der Waals surface area contributed by atoms with E-state index in [4.69, 9.17) is 5.11 Å². The van der Waals surface area contributed by atoms with Crippen molar-refractivity contribution in [1.29, 1.82) is 0 Å². The van der Waals surface area contributed by atoms with Crippen LogP contribution >= 0.6 is 0 Å². The Labute approximate surface area is 161 Å². The van der Waals surface area contributed by atoms with Gasteiger partial charge >= 0.3 is 5.97 Å². The van der Waals surface area contributed by atoms with Crippen LogP contribution in [0.5, 0.6) is 0 Å². The summed E-state index contributed by atoms with van der Waals surface area (Å²) >= 11 is 0. The molecule has 1 atom stereocenters. The standard InChI is InChI=1S/C20H20FN3O4/c21-16-3-5-17(6-4-16)24-13-15(10-18(24)25)20(28)23(9-7-19(26)27)12-14-2-1-8-22-11-14/h1-6,8,11,15H,7,9-10,12-13H2,(H,26,27). The van der Waals surface area contributed by atoms with Gasteiger partial charge in [-0.15, -0.1) is 0 Å². The summed E-state index contributed by atoms with van der Waals surface area (Å²) < 4.78 is 13.1. The van der Waals surface area contributed by atoms with Gasteiger partial charge in [0.15, 0.2) is 0 Å². The van der Waals surface area contributed by atoms with E-state index in [0.29, 0.717) is 5.69 Å². The molecule has 0 bridgehead atoms. The fourth-order valence-electron chi connectivity index (χ4n) is 3.21. The van der Waals surface area contributed by atoms with Gasteiger partial charge in [0.05, 0.1) is 12.3 Å². The number of hydrogen-bond acceptors (Lipinski definition) is 4. The van der Waals surface area contributed by atoms with Crippen molar-refractivity contribution in [2.75, 3.05) is 18.0 Å². The maximum atomic E-state index is 13.1. The molecule has 2 amide bonds. The third-order valence-electron chi connectivity index (χ3n) is 4.62. The number of benzene rings is 1. The highest BCUT2D eigenvalue weighted by Crippen LogP contribution is 2.27. The van der Waals surface area contributed by atoms with Crippen LogP contribution in [0, 0.1) is 11.7 Å². The van der Waals surface area contributed by atoms with Crippen molar-refractivity contribution in [2.45, 2.75) is 19.4 Å². The van der Waals surface area contributed by atoms with Crippen LogP contribution in [0.25, 0.3) is 0 Å². The molecule has 0 saturated carbocycles. The molecular weight excluding hydrogens is 365 g/mol. The fourth-order valence-corrected chi connectivity index (χ4v) is 3.21. The molecule has 1 aromatic heterocycles. The van der Waals surface area contributed by atoms with Crippen LogP contribution in [0.3, 0.4) is 0 Å². The third kappa shape index (κ3) is 4.70. The number of halogens is 1. The smallest absolute Gasteiger partial charge is 0.305 e. The number of carbonyl (C=O) groups is 3. The highest BCUT2D eigenvalue weighted by molar-refractivity contribution is 6.00. The Hall–Kier alpha value is -3.29. The van der Waals surface area contributed by atoms with Gasteiger partial charge in [0.2, 0.25) is 11.8 Å². The van der Waals surface area contributed by atoms with Crippen LogP contribution in [0.1, 0.15) is 18.4 Å². The highest BCUT2D eigenvalue weighted by Gasteiger charge is 2.37. The maximum Gasteiger partial charge on any atom is 0.305 e. The Bertz CT molecular complexity index is 858. The zero-order valence-electron chi connectivity index (χ0n) is 15.1. The van der Waals surface area contributed by atoms with Crippen molar-refractivity contribution in [3.8, 4) is 0 Å². The number of amides is 2. The monoisotopic (exact) mass is 385 g/mol. The molecule has 28 heavy (non-hydrogen) atoms. The molecule has 8 heteroatoms. The molecule has 7 nitrogen and oxygen atoms in total. The summed E-state index contributed by atoms with van der Waals surface area (Å²) in [5.41, 5.74) is 1.31. The van der Waals surface area contributed by atoms with E-state index in [2.05, 4.69) is 4.98 Å². The number of carboxylic acid groups (broad SMARTS) is 1. The molecule has 3 rings (SSSR count). The molecule has 1 unspecified atom stereocenters. The van der Waals surface area contributed by atoms with Crippen LogP contribution in [-0.2, 0) is 20.9 Å². The molecule has 1 N–H and O–H groups in total. The largest absolute Gasteiger partial charge is 0.481 e. The first kappa shape index (κ1) is 19.5. The Balaban J connectivity index is 1.73. The summed E-state index contributed by atoms with van der Waals surface area (Å²) in [5, 5.41) is 8.99. The van der Waals surface area contributed by atoms with Crippen LogP contribution in [0.2, 0.25) is 0 Å². The third-order valence-corrected chi connectivity index (χ3v) is 4.62. The van der Waals surface area contributed by atoms with Gasteiger partial charge in [0, 0.05) is 44.1 Å². The second kappa shape index (κ2) is 8.60. The average Bonchev–Trinajstić information content (AvgIpc) is 3.07. The molecular formula is C20H20FN3O4. The second-order valence-electron chi connectivity index (χ2n) is 6.65. The van der Waals surface area contributed by atoms with Gasteiger partial charge in [-0.3, -0.25) is 19.4 Å². The first-order valence-electron chi connectivity index (χ1n) is 8.89. The van der Waals surface area contributed by atoms with Gasteiger partial charge in [-0.1, -0.05) is 6.07 Å². The number of rotatable bonds is 7. The lowest BCUT2D eigenvalue weighted by molar-refractivity contribution is -0.140. The predicted octanol–water partition coefficient (Wildman–Crippen LogP) is 2.08. The van der Waals surface area contributed by atoms with E-state index < -0.39 is 17.7 Å². The van der Waals surface area contributed by atoms with E-state index in [0.717, 1.165) is 5.56 Å². The van der Waals surface area contributed by atoms with Crippen LogP contribution in [-0.4, -0.2) is 45.9 Å². The van der Waals surface area contributed by atoms with Gasteiger partial charge in [0.25, 0.3) is 0 Å². The predicted molar refractivity (Wildman–Crippen MR) is 98.8 cm³/mol. The van der Waals surface area contributed by atoms with Crippen molar-refractivity contribution >= 4 is 23.5 Å². The van der Waals surface area contributed by atoms with Gasteiger partial charge in [0.1, 0.15) is 5.82 Å². The van der Waals surface area contributed by atoms with Gasteiger partial charge < -0.3 is 14.9 Å². The summed E-state index contributed by atoms with van der Waals surface area (Å²) in [6, 6.07) is 9.07. The SMILES string of the molecule is O=C(O)CCN(Cc1cccnc1)C(=O)C1CC(=O)N(c2ccc(F)cc2)C1. The van der Waals surface area contributed by atoms with Crippen molar-refractivity contribution in [3.63, 3.8) is 0 Å². The zero-order chi connectivity index (χ0) is 20.1. The van der Waals surface area contributed by atoms with Gasteiger partial charge in [-0.2, -0.15) is 0 Å². The highest BCUT2D eigenvalue weighted by atomic mass is 19.1. The van der Waals surface area contributed by atoms with Crippen molar-refractivity contribution in [1.82, 2.24) is 9.88 Å². The molecule has 0 spiro atoms. The molecule has 2 aromatic rings. The molecule has 2 heterocycles. The maximum absolute atomic E-state index is 13.1. The average molecular weight is 385 g/mol. The Kier molecular flexibility index (Phi) is 5.98. The van der Waals surface area contributed by atoms with E-state index in [1.807, 2.05) is 0 Å². The summed E-state index contributed by atoms with van der Waals surface area (Å²) in [6.45, 7) is 0.450. The topological polar surface area (TPSA) is 90.8 Å². The fraction of sp³-hybridized carbons (Fsp3) is 0.300. The Morgan fingerprint density at radius 1 is 1.25 bits per heavy atom. The van der Waals surface area contributed by atoms with Crippen molar-refractivity contribution < 1.29 is 23.9 Å². The minimum Gasteiger partial charge on any atom is -0.481 e. The first-order valence-corrected chi connectivity index (χ1v) is 8.89. The second-order valence-corrected chi connectivity index (χ2v) is 6.65. The normalized spacial score (nSPS) is 16.2. The van der Waals surface area contributed by atoms with Crippen LogP contribution in [0.15, 0.2) is 48.8 Å². The Morgan fingerprint density at radius 3 is 2.64 bits per heavy atom. The molecule has 1 aromatic carbocycles. The molecule has 0 radical (unpaired) electrons. The molecule has 1 aliphatic rings. The molecule has 0 aliphatic carbocycles. The number of nitrogens with zero attached hydrogens (tertiary/aromatic N) is 3. The van der Waals surface area contributed by atoms with E-state index in [-0.39, 0.29) is 44.3 Å². The van der Waals surface area contributed by atoms with E-state index in [1.165, 1.54) is 34.1 Å². The number of pyridine rings is 1. The lowest BCUT2D eigenvalue weighted by Crippen LogP contribution is -2.38. The summed E-state index contributed by atoms with van der Waals surface area (Å²) in [7, 11) is 0. The lowest BCUT2D eigenvalue weighted by atomic mass is 10.1. The lowest BCUT2D eigenvalue weighted by Gasteiger charge is -2.25. The van der Waals surface area contributed by atoms with E-state index >= 15 is 0 Å². The van der Waals surface area contributed by atoms with Crippen molar-refractivity contribution in [3.05, 3.63) is 60.2 Å². The van der Waals surface area contributed by atoms with Crippen LogP contribution in [0.4, 0.5) is 10.1 Å². The molecule has 1 saturated heterocycles. The molecule has 1 aliphatic heterocycles. The minimum atomic E-state index is -1.00. The number of hydrogen-bond donors (Lipinski definition) is 1. The number of aliphatic carboxylic acids is 1. The summed E-state index contributed by atoms with van der Waals surface area (Å²) in [6.07, 6.45) is 3.08. The quantitative estimate of drug-likeness (QED) is 0.788. The number of anilines is 1. The molecule has 146 valence electrons. The number of carboxylic acids is 1. The van der Waals surface area contributed by atoms with E-state index in [9.17, 15) is 18.8 Å². The van der Waals surface area contributed by atoms with Crippen LogP contribution < -0.4 is 4.90 Å². The Morgan fingerprint density at radius 2 is 2.00 bits per heavy atom. The summed E-state index contributed by atoms with van der Waals surface area (Å²) in [5.74, 6) is -2.48. The summed E-state index contributed by atoms with van der Waals surface area (Å²) in [4.78, 5) is 43.3. The molecule has 1 fully saturated rings. The number of aromatic nitrogens is 1.